The molecule has 1 amide bonds. The first kappa shape index (κ1) is 18.2. The zero-order valence-electron chi connectivity index (χ0n) is 13.5. The summed E-state index contributed by atoms with van der Waals surface area (Å²) >= 11 is 0. The number of hydrogen-bond donors (Lipinski definition) is 3. The van der Waals surface area contributed by atoms with Crippen LogP contribution in [0.15, 0.2) is 36.0 Å². The van der Waals surface area contributed by atoms with Crippen LogP contribution in [-0.2, 0) is 16.0 Å². The molecule has 0 heterocycles. The Bertz CT molecular complexity index is 645. The standard InChI is InChI=1S/C17H21N3O3/c1-4-12-7-5-6-8-14(12)19-10-13(9-18)16(21)20-15(11(2)3)17(22)23/h5-8,10-11,15,19H,4H2,1-3H3,(H,20,21)(H,22,23)/b13-10-. The third-order valence-electron chi connectivity index (χ3n) is 3.35. The third kappa shape index (κ3) is 5.15. The molecular weight excluding hydrogens is 294 g/mol. The topological polar surface area (TPSA) is 102 Å². The highest BCUT2D eigenvalue weighted by molar-refractivity contribution is 5.99. The largest absolute Gasteiger partial charge is 0.480 e. The summed E-state index contributed by atoms with van der Waals surface area (Å²) < 4.78 is 0. The van der Waals surface area contributed by atoms with Crippen LogP contribution < -0.4 is 10.6 Å². The Morgan fingerprint density at radius 1 is 1.35 bits per heavy atom. The summed E-state index contributed by atoms with van der Waals surface area (Å²) in [7, 11) is 0. The van der Waals surface area contributed by atoms with Gasteiger partial charge < -0.3 is 15.7 Å². The Kier molecular flexibility index (Phi) is 6.81. The number of amides is 1. The van der Waals surface area contributed by atoms with Gasteiger partial charge in [-0.15, -0.1) is 0 Å². The van der Waals surface area contributed by atoms with E-state index in [1.807, 2.05) is 31.2 Å². The Morgan fingerprint density at radius 3 is 2.52 bits per heavy atom. The lowest BCUT2D eigenvalue weighted by molar-refractivity contribution is -0.142. The van der Waals surface area contributed by atoms with Crippen molar-refractivity contribution in [3.8, 4) is 6.07 Å². The number of carbonyl (C=O) groups excluding carboxylic acids is 1. The van der Waals surface area contributed by atoms with Gasteiger partial charge in [0.25, 0.3) is 5.91 Å². The molecule has 0 aliphatic carbocycles. The number of carboxylic acid groups (broad SMARTS) is 1. The molecule has 23 heavy (non-hydrogen) atoms. The molecule has 0 radical (unpaired) electrons. The summed E-state index contributed by atoms with van der Waals surface area (Å²) in [5, 5.41) is 23.5. The van der Waals surface area contributed by atoms with E-state index in [1.54, 1.807) is 19.9 Å². The monoisotopic (exact) mass is 315 g/mol. The number of benzene rings is 1. The second kappa shape index (κ2) is 8.59. The molecule has 1 aromatic rings. The number of hydrogen-bond acceptors (Lipinski definition) is 4. The van der Waals surface area contributed by atoms with E-state index in [4.69, 9.17) is 10.4 Å². The van der Waals surface area contributed by atoms with E-state index >= 15 is 0 Å². The van der Waals surface area contributed by atoms with Crippen LogP contribution >= 0.6 is 0 Å². The van der Waals surface area contributed by atoms with Crippen LogP contribution in [0.3, 0.4) is 0 Å². The number of anilines is 1. The van der Waals surface area contributed by atoms with Crippen molar-refractivity contribution in [3.05, 3.63) is 41.6 Å². The molecule has 0 aliphatic heterocycles. The molecule has 122 valence electrons. The normalized spacial score (nSPS) is 12.4. The molecule has 0 aromatic heterocycles. The minimum atomic E-state index is -1.13. The fraction of sp³-hybridized carbons (Fsp3) is 0.353. The summed E-state index contributed by atoms with van der Waals surface area (Å²) in [5.74, 6) is -2.13. The molecule has 0 spiro atoms. The van der Waals surface area contributed by atoms with Crippen LogP contribution in [0.2, 0.25) is 0 Å². The number of carboxylic acids is 1. The van der Waals surface area contributed by atoms with Crippen LogP contribution in [0.4, 0.5) is 5.69 Å². The number of aliphatic carboxylic acids is 1. The predicted octanol–water partition coefficient (Wildman–Crippen LogP) is 2.29. The van der Waals surface area contributed by atoms with Crippen molar-refractivity contribution in [3.63, 3.8) is 0 Å². The van der Waals surface area contributed by atoms with Crippen molar-refractivity contribution >= 4 is 17.6 Å². The molecule has 0 saturated carbocycles. The molecule has 1 atom stereocenters. The molecule has 3 N–H and O–H groups in total. The lowest BCUT2D eigenvalue weighted by atomic mass is 10.0. The molecule has 0 aliphatic rings. The highest BCUT2D eigenvalue weighted by atomic mass is 16.4. The molecule has 1 aromatic carbocycles. The van der Waals surface area contributed by atoms with Gasteiger partial charge in [0, 0.05) is 11.9 Å². The average molecular weight is 315 g/mol. The molecule has 0 fully saturated rings. The molecular formula is C17H21N3O3. The maximum Gasteiger partial charge on any atom is 0.326 e. The molecule has 0 saturated heterocycles. The number of para-hydroxylation sites is 1. The van der Waals surface area contributed by atoms with Crippen LogP contribution in [0.25, 0.3) is 0 Å². The molecule has 6 nitrogen and oxygen atoms in total. The summed E-state index contributed by atoms with van der Waals surface area (Å²) in [6, 6.07) is 8.29. The van der Waals surface area contributed by atoms with Gasteiger partial charge in [-0.3, -0.25) is 4.79 Å². The van der Waals surface area contributed by atoms with E-state index in [9.17, 15) is 9.59 Å². The van der Waals surface area contributed by atoms with Crippen LogP contribution in [0, 0.1) is 17.2 Å². The van der Waals surface area contributed by atoms with E-state index in [2.05, 4.69) is 10.6 Å². The van der Waals surface area contributed by atoms with Gasteiger partial charge in [0.2, 0.25) is 0 Å². The predicted molar refractivity (Wildman–Crippen MR) is 87.5 cm³/mol. The first-order valence-electron chi connectivity index (χ1n) is 7.39. The van der Waals surface area contributed by atoms with Gasteiger partial charge in [-0.1, -0.05) is 39.0 Å². The molecule has 1 unspecified atom stereocenters. The van der Waals surface area contributed by atoms with Gasteiger partial charge in [0.05, 0.1) is 0 Å². The third-order valence-corrected chi connectivity index (χ3v) is 3.35. The average Bonchev–Trinajstić information content (AvgIpc) is 2.52. The number of rotatable bonds is 7. The van der Waals surface area contributed by atoms with Gasteiger partial charge in [0.15, 0.2) is 0 Å². The lowest BCUT2D eigenvalue weighted by Crippen LogP contribution is -2.44. The summed E-state index contributed by atoms with van der Waals surface area (Å²) in [5.41, 5.74) is 1.67. The number of nitriles is 1. The van der Waals surface area contributed by atoms with E-state index in [0.29, 0.717) is 0 Å². The fourth-order valence-electron chi connectivity index (χ4n) is 2.00. The van der Waals surface area contributed by atoms with E-state index in [1.165, 1.54) is 6.20 Å². The number of carbonyl (C=O) groups is 2. The Balaban J connectivity index is 2.89. The van der Waals surface area contributed by atoms with E-state index in [0.717, 1.165) is 17.7 Å². The zero-order chi connectivity index (χ0) is 17.4. The second-order valence-corrected chi connectivity index (χ2v) is 5.36. The van der Waals surface area contributed by atoms with Gasteiger partial charge in [-0.25, -0.2) is 4.79 Å². The highest BCUT2D eigenvalue weighted by Crippen LogP contribution is 2.15. The van der Waals surface area contributed by atoms with Crippen molar-refractivity contribution in [2.75, 3.05) is 5.32 Å². The van der Waals surface area contributed by atoms with Crippen molar-refractivity contribution in [1.82, 2.24) is 5.32 Å². The minimum absolute atomic E-state index is 0.178. The summed E-state index contributed by atoms with van der Waals surface area (Å²) in [6.07, 6.45) is 2.10. The van der Waals surface area contributed by atoms with Crippen molar-refractivity contribution in [1.29, 1.82) is 5.26 Å². The Morgan fingerprint density at radius 2 is 2.00 bits per heavy atom. The quantitative estimate of drug-likeness (QED) is 0.529. The van der Waals surface area contributed by atoms with Crippen molar-refractivity contribution in [2.24, 2.45) is 5.92 Å². The van der Waals surface area contributed by atoms with E-state index < -0.39 is 17.9 Å². The molecule has 1 rings (SSSR count). The van der Waals surface area contributed by atoms with Gasteiger partial charge in [-0.2, -0.15) is 5.26 Å². The number of nitrogens with one attached hydrogen (secondary N) is 2. The summed E-state index contributed by atoms with van der Waals surface area (Å²) in [6.45, 7) is 5.37. The Hall–Kier alpha value is -2.81. The fourth-order valence-corrected chi connectivity index (χ4v) is 2.00. The number of aryl methyl sites for hydroxylation is 1. The van der Waals surface area contributed by atoms with Gasteiger partial charge in [-0.05, 0) is 24.0 Å². The Labute approximate surface area is 135 Å². The maximum absolute atomic E-state index is 12.1. The van der Waals surface area contributed by atoms with Gasteiger partial charge in [0.1, 0.15) is 17.7 Å². The van der Waals surface area contributed by atoms with Gasteiger partial charge >= 0.3 is 5.97 Å². The van der Waals surface area contributed by atoms with Crippen molar-refractivity contribution in [2.45, 2.75) is 33.2 Å². The second-order valence-electron chi connectivity index (χ2n) is 5.36. The highest BCUT2D eigenvalue weighted by Gasteiger charge is 2.24. The maximum atomic E-state index is 12.1. The first-order valence-corrected chi connectivity index (χ1v) is 7.39. The van der Waals surface area contributed by atoms with E-state index in [-0.39, 0.29) is 11.5 Å². The molecule has 6 heteroatoms. The van der Waals surface area contributed by atoms with Crippen LogP contribution in [-0.4, -0.2) is 23.0 Å². The van der Waals surface area contributed by atoms with Crippen molar-refractivity contribution < 1.29 is 14.7 Å². The minimum Gasteiger partial charge on any atom is -0.480 e. The summed E-state index contributed by atoms with van der Waals surface area (Å²) in [4.78, 5) is 23.2. The first-order chi connectivity index (χ1) is 10.9. The van der Waals surface area contributed by atoms with Crippen LogP contribution in [0.1, 0.15) is 26.3 Å². The lowest BCUT2D eigenvalue weighted by Gasteiger charge is -2.17. The zero-order valence-corrected chi connectivity index (χ0v) is 13.5. The number of nitrogens with zero attached hydrogens (tertiary/aromatic N) is 1. The SMILES string of the molecule is CCc1ccccc1N/C=C(/C#N)C(=O)NC(C(=O)O)C(C)C. The smallest absolute Gasteiger partial charge is 0.326 e. The van der Waals surface area contributed by atoms with Crippen LogP contribution in [0.5, 0.6) is 0 Å². The molecule has 0 bridgehead atoms.